The largest absolute Gasteiger partial charge is 0.380 e. The van der Waals surface area contributed by atoms with E-state index in [0.717, 1.165) is 0 Å². The second-order valence-electron chi connectivity index (χ2n) is 4.52. The Bertz CT molecular complexity index is 395. The smallest absolute Gasteiger partial charge is 0.170 e. The molecule has 6 heteroatoms. The van der Waals surface area contributed by atoms with Crippen LogP contribution in [0.25, 0.3) is 0 Å². The lowest BCUT2D eigenvalue weighted by molar-refractivity contribution is 0.141. The lowest BCUT2D eigenvalue weighted by Gasteiger charge is -2.24. The highest BCUT2D eigenvalue weighted by Gasteiger charge is 2.16. The number of nitrogens with one attached hydrogen (secondary N) is 1. The van der Waals surface area contributed by atoms with Crippen molar-refractivity contribution in [3.05, 3.63) is 23.6 Å². The molecule has 0 amide bonds. The molecule has 1 aromatic heterocycles. The highest BCUT2D eigenvalue weighted by Crippen LogP contribution is 2.19. The Morgan fingerprint density at radius 3 is 2.33 bits per heavy atom. The second-order valence-corrected chi connectivity index (χ2v) is 4.52. The van der Waals surface area contributed by atoms with E-state index in [0.29, 0.717) is 57.4 Å². The van der Waals surface area contributed by atoms with E-state index in [1.165, 1.54) is 0 Å². The molecule has 0 saturated heterocycles. The molecule has 0 aliphatic carbocycles. The van der Waals surface area contributed by atoms with Crippen molar-refractivity contribution < 1.29 is 13.9 Å². The van der Waals surface area contributed by atoms with Crippen LogP contribution >= 0.6 is 0 Å². The van der Waals surface area contributed by atoms with E-state index in [4.69, 9.17) is 9.47 Å². The molecule has 0 bridgehead atoms. The van der Waals surface area contributed by atoms with Gasteiger partial charge in [0, 0.05) is 44.6 Å². The number of aromatic nitrogens is 1. The lowest BCUT2D eigenvalue weighted by Crippen LogP contribution is -2.33. The highest BCUT2D eigenvalue weighted by atomic mass is 19.1. The maximum absolute atomic E-state index is 14.5. The van der Waals surface area contributed by atoms with Gasteiger partial charge in [0.05, 0.1) is 13.2 Å². The van der Waals surface area contributed by atoms with Gasteiger partial charge >= 0.3 is 0 Å². The van der Waals surface area contributed by atoms with Gasteiger partial charge in [0.2, 0.25) is 0 Å². The van der Waals surface area contributed by atoms with Crippen molar-refractivity contribution >= 4 is 5.82 Å². The maximum atomic E-state index is 14.5. The van der Waals surface area contributed by atoms with Crippen LogP contribution in [0.15, 0.2) is 12.3 Å². The maximum Gasteiger partial charge on any atom is 0.170 e. The van der Waals surface area contributed by atoms with Gasteiger partial charge < -0.3 is 19.7 Å². The predicted molar refractivity (Wildman–Crippen MR) is 82.2 cm³/mol. The summed E-state index contributed by atoms with van der Waals surface area (Å²) in [6, 6.07) is 1.69. The Kier molecular flexibility index (Phi) is 8.89. The molecule has 0 unspecified atom stereocenters. The van der Waals surface area contributed by atoms with Crippen LogP contribution in [0.2, 0.25) is 0 Å². The highest BCUT2D eigenvalue weighted by molar-refractivity contribution is 5.43. The monoisotopic (exact) mass is 299 g/mol. The number of pyridine rings is 1. The normalized spacial score (nSPS) is 10.9. The third-order valence-corrected chi connectivity index (χ3v) is 3.04. The van der Waals surface area contributed by atoms with E-state index in [1.807, 2.05) is 18.7 Å². The van der Waals surface area contributed by atoms with Gasteiger partial charge in [-0.25, -0.2) is 9.37 Å². The van der Waals surface area contributed by atoms with Crippen LogP contribution in [0, 0.1) is 5.82 Å². The third-order valence-electron chi connectivity index (χ3n) is 3.04. The van der Waals surface area contributed by atoms with Crippen molar-refractivity contribution in [2.24, 2.45) is 0 Å². The van der Waals surface area contributed by atoms with Crippen LogP contribution in [0.3, 0.4) is 0 Å². The fraction of sp³-hybridized carbons (Fsp3) is 0.667. The van der Waals surface area contributed by atoms with Crippen molar-refractivity contribution in [2.45, 2.75) is 20.4 Å². The van der Waals surface area contributed by atoms with E-state index in [-0.39, 0.29) is 5.82 Å². The minimum absolute atomic E-state index is 0.278. The quantitative estimate of drug-likeness (QED) is 0.632. The minimum atomic E-state index is -0.278. The molecular weight excluding hydrogens is 273 g/mol. The summed E-state index contributed by atoms with van der Waals surface area (Å²) in [5, 5.41) is 2.96. The van der Waals surface area contributed by atoms with Crippen LogP contribution in [-0.4, -0.2) is 51.5 Å². The lowest BCUT2D eigenvalue weighted by atomic mass is 10.2. The number of hydrogen-bond acceptors (Lipinski definition) is 5. The minimum Gasteiger partial charge on any atom is -0.380 e. The van der Waals surface area contributed by atoms with Crippen molar-refractivity contribution in [2.75, 3.05) is 51.5 Å². The summed E-state index contributed by atoms with van der Waals surface area (Å²) in [7, 11) is 1.79. The van der Waals surface area contributed by atoms with E-state index < -0.39 is 0 Å². The fourth-order valence-electron chi connectivity index (χ4n) is 1.98. The molecule has 1 aromatic rings. The van der Waals surface area contributed by atoms with Gasteiger partial charge in [-0.2, -0.15) is 0 Å². The molecule has 1 heterocycles. The van der Waals surface area contributed by atoms with Gasteiger partial charge in [-0.15, -0.1) is 0 Å². The standard InChI is InChI=1S/C15H26FN3O2/c1-4-20-10-8-19(9-11-21-5-2)15-14(16)13(12-17-3)6-7-18-15/h6-7,17H,4-5,8-12H2,1-3H3. The SMILES string of the molecule is CCOCCN(CCOCC)c1nccc(CNC)c1F. The molecule has 0 aliphatic heterocycles. The van der Waals surface area contributed by atoms with Crippen LogP contribution < -0.4 is 10.2 Å². The zero-order chi connectivity index (χ0) is 15.5. The van der Waals surface area contributed by atoms with E-state index in [2.05, 4.69) is 10.3 Å². The van der Waals surface area contributed by atoms with Crippen molar-refractivity contribution in [3.8, 4) is 0 Å². The Morgan fingerprint density at radius 2 is 1.81 bits per heavy atom. The third kappa shape index (κ3) is 5.95. The molecule has 0 aliphatic rings. The molecular formula is C15H26FN3O2. The average molecular weight is 299 g/mol. The Labute approximate surface area is 126 Å². The van der Waals surface area contributed by atoms with Crippen LogP contribution in [0.5, 0.6) is 0 Å². The summed E-state index contributed by atoms with van der Waals surface area (Å²) < 4.78 is 25.2. The number of ether oxygens (including phenoxy) is 2. The van der Waals surface area contributed by atoms with E-state index >= 15 is 0 Å². The van der Waals surface area contributed by atoms with Gasteiger partial charge in [0.25, 0.3) is 0 Å². The molecule has 0 fully saturated rings. The van der Waals surface area contributed by atoms with Gasteiger partial charge in [-0.05, 0) is 27.0 Å². The first-order chi connectivity index (χ1) is 10.2. The first-order valence-electron chi connectivity index (χ1n) is 7.42. The number of halogens is 1. The number of anilines is 1. The van der Waals surface area contributed by atoms with E-state index in [1.54, 1.807) is 19.3 Å². The van der Waals surface area contributed by atoms with Crippen LogP contribution in [-0.2, 0) is 16.0 Å². The van der Waals surface area contributed by atoms with Crippen LogP contribution in [0.1, 0.15) is 19.4 Å². The van der Waals surface area contributed by atoms with Crippen molar-refractivity contribution in [3.63, 3.8) is 0 Å². The molecule has 0 atom stereocenters. The molecule has 21 heavy (non-hydrogen) atoms. The van der Waals surface area contributed by atoms with Gasteiger partial charge in [0.15, 0.2) is 11.6 Å². The zero-order valence-corrected chi connectivity index (χ0v) is 13.2. The Morgan fingerprint density at radius 1 is 1.19 bits per heavy atom. The summed E-state index contributed by atoms with van der Waals surface area (Å²) in [5.74, 6) is 0.0852. The first-order valence-corrected chi connectivity index (χ1v) is 7.42. The first kappa shape index (κ1) is 17.8. The average Bonchev–Trinajstić information content (AvgIpc) is 2.49. The fourth-order valence-corrected chi connectivity index (χ4v) is 1.98. The van der Waals surface area contributed by atoms with Gasteiger partial charge in [-0.1, -0.05) is 0 Å². The Hall–Kier alpha value is -1.24. The predicted octanol–water partition coefficient (Wildman–Crippen LogP) is 1.82. The van der Waals surface area contributed by atoms with E-state index in [9.17, 15) is 4.39 Å². The summed E-state index contributed by atoms with van der Waals surface area (Å²) >= 11 is 0. The topological polar surface area (TPSA) is 46.6 Å². The number of rotatable bonds is 11. The van der Waals surface area contributed by atoms with Crippen molar-refractivity contribution in [1.29, 1.82) is 0 Å². The Balaban J connectivity index is 2.81. The zero-order valence-electron chi connectivity index (χ0n) is 13.2. The van der Waals surface area contributed by atoms with Gasteiger partial charge in [0.1, 0.15) is 0 Å². The molecule has 0 aromatic carbocycles. The molecule has 1 rings (SSSR count). The number of nitrogens with zero attached hydrogens (tertiary/aromatic N) is 2. The summed E-state index contributed by atoms with van der Waals surface area (Å²) in [6.45, 7) is 7.92. The molecule has 1 N–H and O–H groups in total. The summed E-state index contributed by atoms with van der Waals surface area (Å²) in [5.41, 5.74) is 0.611. The molecule has 0 radical (unpaired) electrons. The molecule has 120 valence electrons. The van der Waals surface area contributed by atoms with Gasteiger partial charge in [-0.3, -0.25) is 0 Å². The summed E-state index contributed by atoms with van der Waals surface area (Å²) in [4.78, 5) is 6.07. The van der Waals surface area contributed by atoms with Crippen molar-refractivity contribution in [1.82, 2.24) is 10.3 Å². The molecule has 5 nitrogen and oxygen atoms in total. The summed E-state index contributed by atoms with van der Waals surface area (Å²) in [6.07, 6.45) is 1.64. The second kappa shape index (κ2) is 10.5. The number of hydrogen-bond donors (Lipinski definition) is 1. The molecule has 0 saturated carbocycles. The molecule has 0 spiro atoms. The van der Waals surface area contributed by atoms with Crippen LogP contribution in [0.4, 0.5) is 10.2 Å².